The highest BCUT2D eigenvalue weighted by Crippen LogP contribution is 2.45. The normalized spacial score (nSPS) is 15.8. The van der Waals surface area contributed by atoms with Gasteiger partial charge < -0.3 is 19.3 Å². The number of methoxy groups -OCH3 is 2. The molecule has 0 heterocycles. The lowest BCUT2D eigenvalue weighted by Crippen LogP contribution is -2.25. The molecular weight excluding hydrogens is 516 g/mol. The Morgan fingerprint density at radius 2 is 1.81 bits per heavy atom. The van der Waals surface area contributed by atoms with Gasteiger partial charge in [0, 0.05) is 11.3 Å². The first-order valence-electron chi connectivity index (χ1n) is 12.3. The lowest BCUT2D eigenvalue weighted by Gasteiger charge is -2.27. The van der Waals surface area contributed by atoms with Gasteiger partial charge in [0.1, 0.15) is 18.1 Å². The second-order valence-corrected chi connectivity index (χ2v) is 12.0. The van der Waals surface area contributed by atoms with Crippen molar-refractivity contribution >= 4 is 27.8 Å². The number of rotatable bonds is 14. The molecule has 1 aliphatic rings. The van der Waals surface area contributed by atoms with Gasteiger partial charge in [-0.05, 0) is 42.0 Å². The van der Waals surface area contributed by atoms with Crippen molar-refractivity contribution in [2.24, 2.45) is 0 Å². The summed E-state index contributed by atoms with van der Waals surface area (Å²) in [4.78, 5) is 11.7. The maximum absolute atomic E-state index is 11.7. The van der Waals surface area contributed by atoms with Gasteiger partial charge in [0.2, 0.25) is 0 Å². The van der Waals surface area contributed by atoms with Gasteiger partial charge >= 0.3 is 5.97 Å². The highest BCUT2D eigenvalue weighted by molar-refractivity contribution is 7.99. The Kier molecular flexibility index (Phi) is 11.1. The summed E-state index contributed by atoms with van der Waals surface area (Å²) in [5.41, 5.74) is 2.79. The Morgan fingerprint density at radius 1 is 1.11 bits per heavy atom. The molecule has 0 bridgehead atoms. The minimum absolute atomic E-state index is 0.154. The Hall–Kier alpha value is -2.27. The zero-order valence-corrected chi connectivity index (χ0v) is 23.2. The minimum atomic E-state index is -3.74. The topological polar surface area (TPSA) is 108 Å². The third-order valence-corrected chi connectivity index (χ3v) is 8.28. The summed E-state index contributed by atoms with van der Waals surface area (Å²) >= 11 is 1.35. The summed E-state index contributed by atoms with van der Waals surface area (Å²) in [6.07, 6.45) is 4.36. The van der Waals surface area contributed by atoms with Crippen molar-refractivity contribution in [2.75, 3.05) is 32.8 Å². The van der Waals surface area contributed by atoms with Gasteiger partial charge in [0.25, 0.3) is 10.1 Å². The van der Waals surface area contributed by atoms with E-state index in [9.17, 15) is 18.3 Å². The van der Waals surface area contributed by atoms with E-state index in [4.69, 9.17) is 18.4 Å². The molecule has 37 heavy (non-hydrogen) atoms. The number of benzene rings is 2. The molecule has 204 valence electrons. The Labute approximate surface area is 223 Å². The van der Waals surface area contributed by atoms with Crippen LogP contribution in [-0.4, -0.2) is 58.4 Å². The van der Waals surface area contributed by atoms with Gasteiger partial charge in [-0.15, -0.1) is 0 Å². The Morgan fingerprint density at radius 3 is 2.43 bits per heavy atom. The summed E-state index contributed by atoms with van der Waals surface area (Å²) < 4.78 is 44.6. The zero-order chi connectivity index (χ0) is 26.8. The molecule has 2 unspecified atom stereocenters. The predicted octanol–water partition coefficient (Wildman–Crippen LogP) is 4.61. The lowest BCUT2D eigenvalue weighted by molar-refractivity contribution is -0.140. The van der Waals surface area contributed by atoms with Gasteiger partial charge in [0.05, 0.1) is 44.9 Å². The summed E-state index contributed by atoms with van der Waals surface area (Å²) in [5, 5.41) is 10.5. The van der Waals surface area contributed by atoms with Gasteiger partial charge in [-0.3, -0.25) is 8.98 Å². The van der Waals surface area contributed by atoms with Gasteiger partial charge in [-0.1, -0.05) is 43.2 Å². The van der Waals surface area contributed by atoms with E-state index < -0.39 is 28.1 Å². The molecule has 2 atom stereocenters. The van der Waals surface area contributed by atoms with E-state index in [0.717, 1.165) is 54.4 Å². The van der Waals surface area contributed by atoms with Crippen LogP contribution >= 0.6 is 11.8 Å². The van der Waals surface area contributed by atoms with Crippen LogP contribution in [0.1, 0.15) is 60.0 Å². The van der Waals surface area contributed by atoms with Crippen LogP contribution in [0.4, 0.5) is 0 Å². The number of para-hydroxylation sites is 1. The van der Waals surface area contributed by atoms with Crippen molar-refractivity contribution in [3.05, 3.63) is 59.2 Å². The van der Waals surface area contributed by atoms with Crippen LogP contribution < -0.4 is 9.47 Å². The van der Waals surface area contributed by atoms with Crippen molar-refractivity contribution in [1.29, 1.82) is 0 Å². The van der Waals surface area contributed by atoms with Crippen LogP contribution in [0.5, 0.6) is 11.5 Å². The quantitative estimate of drug-likeness (QED) is 0.266. The van der Waals surface area contributed by atoms with Crippen LogP contribution in [0, 0.1) is 0 Å². The molecule has 0 aromatic heterocycles. The smallest absolute Gasteiger partial charge is 0.306 e. The number of hydrogen-bond donors (Lipinski definition) is 1. The highest BCUT2D eigenvalue weighted by atomic mass is 32.2. The van der Waals surface area contributed by atoms with E-state index in [2.05, 4.69) is 6.07 Å². The number of esters is 1. The highest BCUT2D eigenvalue weighted by Gasteiger charge is 2.30. The van der Waals surface area contributed by atoms with E-state index in [1.54, 1.807) is 7.11 Å². The number of aliphatic hydroxyl groups is 1. The molecule has 2 aromatic carbocycles. The van der Waals surface area contributed by atoms with Crippen LogP contribution in [0.3, 0.4) is 0 Å². The third-order valence-electron chi connectivity index (χ3n) is 6.35. The zero-order valence-electron chi connectivity index (χ0n) is 21.6. The van der Waals surface area contributed by atoms with Gasteiger partial charge in [-0.25, -0.2) is 0 Å². The fraction of sp³-hybridized carbons (Fsp3) is 0.519. The van der Waals surface area contributed by atoms with E-state index in [0.29, 0.717) is 24.0 Å². The van der Waals surface area contributed by atoms with E-state index in [-0.39, 0.29) is 12.4 Å². The van der Waals surface area contributed by atoms with E-state index in [1.165, 1.54) is 18.9 Å². The molecule has 0 spiro atoms. The van der Waals surface area contributed by atoms with Crippen molar-refractivity contribution in [1.82, 2.24) is 0 Å². The Balaban J connectivity index is 1.94. The monoisotopic (exact) mass is 552 g/mol. The van der Waals surface area contributed by atoms with Crippen molar-refractivity contribution in [2.45, 2.75) is 56.0 Å². The van der Waals surface area contributed by atoms with Crippen molar-refractivity contribution in [3.8, 4) is 11.5 Å². The van der Waals surface area contributed by atoms with Crippen molar-refractivity contribution in [3.63, 3.8) is 0 Å². The standard InChI is InChI=1S/C27H36O8S2/c1-32-21-13-11-19(12-14-21)17-34-26-22(20-7-4-5-8-20)9-6-10-23(26)27(36-16-15-25(29)33-2)24(28)18-35-37(3,30)31/h6,9-14,20,24,27-28H,4-5,7-8,15-18H2,1-3H3. The van der Waals surface area contributed by atoms with Crippen LogP contribution in [0.25, 0.3) is 0 Å². The predicted molar refractivity (Wildman–Crippen MR) is 144 cm³/mol. The van der Waals surface area contributed by atoms with Gasteiger partial charge in [0.15, 0.2) is 0 Å². The molecule has 0 radical (unpaired) electrons. The molecule has 1 N–H and O–H groups in total. The van der Waals surface area contributed by atoms with Crippen LogP contribution in [0.15, 0.2) is 42.5 Å². The van der Waals surface area contributed by atoms with E-state index in [1.807, 2.05) is 36.4 Å². The summed E-state index contributed by atoms with van der Waals surface area (Å²) in [7, 11) is -0.795. The fourth-order valence-electron chi connectivity index (χ4n) is 4.46. The second kappa shape index (κ2) is 14.0. The first kappa shape index (κ1) is 29.3. The minimum Gasteiger partial charge on any atom is -0.497 e. The number of carbonyl (C=O) groups excluding carboxylic acids is 1. The lowest BCUT2D eigenvalue weighted by atomic mass is 9.92. The number of carbonyl (C=O) groups is 1. The maximum atomic E-state index is 11.7. The third kappa shape index (κ3) is 8.91. The first-order valence-corrected chi connectivity index (χ1v) is 15.2. The molecule has 8 nitrogen and oxygen atoms in total. The largest absolute Gasteiger partial charge is 0.497 e. The summed E-state index contributed by atoms with van der Waals surface area (Å²) in [6, 6.07) is 13.5. The molecule has 1 saturated carbocycles. The number of ether oxygens (including phenoxy) is 3. The molecule has 1 aliphatic carbocycles. The molecule has 0 saturated heterocycles. The SMILES string of the molecule is COC(=O)CCSC(c1cccc(C2CCCC2)c1OCc1ccc(OC)cc1)C(O)COS(C)(=O)=O. The van der Waals surface area contributed by atoms with Crippen molar-refractivity contribution < 1.29 is 36.7 Å². The molecule has 0 amide bonds. The number of hydrogen-bond acceptors (Lipinski definition) is 9. The molecular formula is C27H36O8S2. The molecule has 2 aromatic rings. The van der Waals surface area contributed by atoms with E-state index >= 15 is 0 Å². The van der Waals surface area contributed by atoms with Crippen LogP contribution in [-0.2, 0) is 30.4 Å². The Bertz CT molecular complexity index is 1110. The first-order chi connectivity index (χ1) is 17.7. The summed E-state index contributed by atoms with van der Waals surface area (Å²) in [5.74, 6) is 1.81. The number of thioether (sulfide) groups is 1. The van der Waals surface area contributed by atoms with Gasteiger partial charge in [-0.2, -0.15) is 20.2 Å². The average Bonchev–Trinajstić information content (AvgIpc) is 3.43. The number of aliphatic hydroxyl groups excluding tert-OH is 1. The van der Waals surface area contributed by atoms with Crippen LogP contribution in [0.2, 0.25) is 0 Å². The molecule has 3 rings (SSSR count). The molecule has 10 heteroatoms. The fourth-order valence-corrected chi connectivity index (χ4v) is 6.05. The summed E-state index contributed by atoms with van der Waals surface area (Å²) in [6.45, 7) is -0.0868. The second-order valence-electron chi connectivity index (χ2n) is 9.06. The average molecular weight is 553 g/mol. The molecule has 1 fully saturated rings. The molecule has 0 aliphatic heterocycles. The maximum Gasteiger partial charge on any atom is 0.306 e.